The zero-order valence-electron chi connectivity index (χ0n) is 20.2. The molecule has 200 valence electrons. The number of fused-ring (bicyclic) bond motifs is 3. The van der Waals surface area contributed by atoms with E-state index in [1.165, 1.54) is 18.9 Å². The van der Waals surface area contributed by atoms with Crippen LogP contribution in [0.4, 0.5) is 13.2 Å². The monoisotopic (exact) mass is 538 g/mol. The molecule has 8 nitrogen and oxygen atoms in total. The third-order valence-corrected chi connectivity index (χ3v) is 9.74. The molecule has 2 N–H and O–H groups in total. The molecule has 1 aromatic heterocycles. The van der Waals surface area contributed by atoms with E-state index in [-0.39, 0.29) is 23.5 Å². The van der Waals surface area contributed by atoms with E-state index in [9.17, 15) is 26.4 Å². The smallest absolute Gasteiger partial charge is 0.422 e. The maximum absolute atomic E-state index is 13.5. The number of benzene rings is 1. The van der Waals surface area contributed by atoms with Crippen LogP contribution in [0.5, 0.6) is 5.75 Å². The van der Waals surface area contributed by atoms with Gasteiger partial charge in [0.1, 0.15) is 5.75 Å². The quantitative estimate of drug-likeness (QED) is 0.510. The first kappa shape index (κ1) is 24.7. The molecule has 2 heterocycles. The molecule has 1 amide bonds. The third-order valence-electron chi connectivity index (χ3n) is 7.85. The molecule has 0 bridgehead atoms. The largest absolute Gasteiger partial charge is 0.484 e. The van der Waals surface area contributed by atoms with Gasteiger partial charge in [-0.25, -0.2) is 13.1 Å². The van der Waals surface area contributed by atoms with Gasteiger partial charge in [-0.1, -0.05) is 18.9 Å². The molecule has 2 saturated carbocycles. The molecule has 4 aliphatic rings. The van der Waals surface area contributed by atoms with Gasteiger partial charge < -0.3 is 10.1 Å². The average Bonchev–Trinajstić information content (AvgIpc) is 3.76. The van der Waals surface area contributed by atoms with Crippen LogP contribution in [-0.4, -0.2) is 42.1 Å². The van der Waals surface area contributed by atoms with Crippen LogP contribution in [0.2, 0.25) is 0 Å². The number of sulfonamides is 1. The summed E-state index contributed by atoms with van der Waals surface area (Å²) in [5.74, 6) is 0.489. The molecule has 1 aliphatic heterocycles. The van der Waals surface area contributed by atoms with E-state index in [4.69, 9.17) is 9.84 Å². The van der Waals surface area contributed by atoms with Crippen LogP contribution in [-0.2, 0) is 41.5 Å². The number of aryl methyl sites for hydroxylation is 2. The summed E-state index contributed by atoms with van der Waals surface area (Å²) in [5.41, 5.74) is 2.64. The summed E-state index contributed by atoms with van der Waals surface area (Å²) < 4.78 is 72.0. The second kappa shape index (κ2) is 8.72. The Morgan fingerprint density at radius 2 is 2.00 bits per heavy atom. The fourth-order valence-electron chi connectivity index (χ4n) is 5.58. The second-order valence-electron chi connectivity index (χ2n) is 10.7. The van der Waals surface area contributed by atoms with E-state index in [1.807, 2.05) is 0 Å². The van der Waals surface area contributed by atoms with Crippen molar-refractivity contribution in [3.05, 3.63) is 46.3 Å². The summed E-state index contributed by atoms with van der Waals surface area (Å²) in [4.78, 5) is 13.5. The zero-order chi connectivity index (χ0) is 26.0. The first-order valence-corrected chi connectivity index (χ1v) is 14.3. The molecule has 2 fully saturated rings. The van der Waals surface area contributed by atoms with Gasteiger partial charge >= 0.3 is 6.18 Å². The summed E-state index contributed by atoms with van der Waals surface area (Å²) >= 11 is 0. The normalized spacial score (nSPS) is 23.2. The molecule has 1 aromatic carbocycles. The minimum absolute atomic E-state index is 0.0166. The predicted octanol–water partition coefficient (Wildman–Crippen LogP) is 3.33. The molecule has 37 heavy (non-hydrogen) atoms. The van der Waals surface area contributed by atoms with Crippen molar-refractivity contribution in [2.24, 2.45) is 5.92 Å². The van der Waals surface area contributed by atoms with Crippen molar-refractivity contribution in [1.82, 2.24) is 19.8 Å². The van der Waals surface area contributed by atoms with E-state index < -0.39 is 28.3 Å². The lowest BCUT2D eigenvalue weighted by Gasteiger charge is -2.35. The molecule has 12 heteroatoms. The van der Waals surface area contributed by atoms with Crippen LogP contribution in [0.25, 0.3) is 0 Å². The molecule has 3 aliphatic carbocycles. The highest BCUT2D eigenvalue weighted by Gasteiger charge is 2.47. The number of hydrogen-bond donors (Lipinski definition) is 2. The molecule has 0 saturated heterocycles. The molecule has 0 radical (unpaired) electrons. The fourth-order valence-corrected chi connectivity index (χ4v) is 6.91. The molecule has 1 spiro atoms. The minimum Gasteiger partial charge on any atom is -0.484 e. The lowest BCUT2D eigenvalue weighted by atomic mass is 9.82. The molecular formula is C25H29F3N4O4S. The van der Waals surface area contributed by atoms with Crippen LogP contribution in [0.1, 0.15) is 71.4 Å². The van der Waals surface area contributed by atoms with Crippen molar-refractivity contribution >= 4 is 15.9 Å². The Bertz CT molecular complexity index is 1350. The highest BCUT2D eigenvalue weighted by atomic mass is 32.2. The van der Waals surface area contributed by atoms with Gasteiger partial charge in [0.25, 0.3) is 5.91 Å². The van der Waals surface area contributed by atoms with Crippen molar-refractivity contribution < 1.29 is 31.1 Å². The number of hydrogen-bond acceptors (Lipinski definition) is 5. The van der Waals surface area contributed by atoms with Crippen molar-refractivity contribution in [2.75, 3.05) is 6.61 Å². The standard InChI is InChI=1S/C25H29F3N4O4S/c26-25(27,28)14-36-17-3-6-19-16(11-17)7-9-24(19)12-20-22(23(33)30-24)21(13-29-37(34,35)18-4-5-18)32(31-20)10-8-15-1-2-15/h3,6,11,15,18,29H,1-2,4-5,7-10,12-14H2,(H,30,33)/t24-/m0/s1. The molecule has 1 atom stereocenters. The topological polar surface area (TPSA) is 102 Å². The SMILES string of the molecule is O=C1N[C@@]2(CCc3cc(OCC(F)(F)F)ccc32)Cc2nn(CCC3CC3)c(CNS(=O)(=O)C3CC3)c21. The van der Waals surface area contributed by atoms with E-state index in [1.54, 1.807) is 16.8 Å². The van der Waals surface area contributed by atoms with Crippen molar-refractivity contribution in [2.45, 2.75) is 81.4 Å². The first-order valence-electron chi connectivity index (χ1n) is 12.8. The molecular weight excluding hydrogens is 509 g/mol. The Balaban J connectivity index is 1.27. The lowest BCUT2D eigenvalue weighted by molar-refractivity contribution is -0.153. The van der Waals surface area contributed by atoms with Gasteiger partial charge in [0.2, 0.25) is 10.0 Å². The van der Waals surface area contributed by atoms with Crippen molar-refractivity contribution in [1.29, 1.82) is 0 Å². The highest BCUT2D eigenvalue weighted by molar-refractivity contribution is 7.90. The number of alkyl halides is 3. The number of amides is 1. The van der Waals surface area contributed by atoms with Gasteiger partial charge in [0.15, 0.2) is 6.61 Å². The highest BCUT2D eigenvalue weighted by Crippen LogP contribution is 2.44. The summed E-state index contributed by atoms with van der Waals surface area (Å²) in [7, 11) is -3.43. The minimum atomic E-state index is -4.42. The number of rotatable bonds is 9. The Morgan fingerprint density at radius 1 is 1.22 bits per heavy atom. The average molecular weight is 539 g/mol. The molecule has 6 rings (SSSR count). The summed E-state index contributed by atoms with van der Waals surface area (Å²) in [6, 6.07) is 4.85. The Hall–Kier alpha value is -2.60. The van der Waals surface area contributed by atoms with Crippen LogP contribution < -0.4 is 14.8 Å². The van der Waals surface area contributed by atoms with Gasteiger partial charge in [-0.3, -0.25) is 9.48 Å². The molecule has 0 unspecified atom stereocenters. The lowest BCUT2D eigenvalue weighted by Crippen LogP contribution is -2.50. The van der Waals surface area contributed by atoms with Gasteiger partial charge in [-0.2, -0.15) is 18.3 Å². The summed E-state index contributed by atoms with van der Waals surface area (Å²) in [6.45, 7) is -0.722. The second-order valence-corrected chi connectivity index (χ2v) is 12.8. The van der Waals surface area contributed by atoms with Gasteiger partial charge in [0, 0.05) is 13.0 Å². The van der Waals surface area contributed by atoms with Crippen molar-refractivity contribution in [3.63, 3.8) is 0 Å². The van der Waals surface area contributed by atoms with Crippen LogP contribution in [0.3, 0.4) is 0 Å². The number of carbonyl (C=O) groups is 1. The van der Waals surface area contributed by atoms with Crippen LogP contribution in [0.15, 0.2) is 18.2 Å². The Labute approximate surface area is 213 Å². The third kappa shape index (κ3) is 4.97. The summed E-state index contributed by atoms with van der Waals surface area (Å²) in [6.07, 6.45) is 1.79. The van der Waals surface area contributed by atoms with Crippen molar-refractivity contribution in [3.8, 4) is 5.75 Å². The fraction of sp³-hybridized carbons (Fsp3) is 0.600. The number of carbonyl (C=O) groups excluding carboxylic acids is 1. The Kier molecular flexibility index (Phi) is 5.83. The number of ether oxygens (including phenoxy) is 1. The van der Waals surface area contributed by atoms with Gasteiger partial charge in [0.05, 0.1) is 34.3 Å². The summed E-state index contributed by atoms with van der Waals surface area (Å²) in [5, 5.41) is 7.59. The van der Waals surface area contributed by atoms with E-state index in [0.29, 0.717) is 61.5 Å². The number of nitrogens with one attached hydrogen (secondary N) is 2. The first-order chi connectivity index (χ1) is 17.5. The van der Waals surface area contributed by atoms with Crippen LogP contribution in [0, 0.1) is 5.92 Å². The van der Waals surface area contributed by atoms with Gasteiger partial charge in [-0.05, 0) is 61.3 Å². The number of aromatic nitrogens is 2. The zero-order valence-corrected chi connectivity index (χ0v) is 21.1. The predicted molar refractivity (Wildman–Crippen MR) is 128 cm³/mol. The number of halogens is 3. The maximum Gasteiger partial charge on any atom is 0.422 e. The van der Waals surface area contributed by atoms with Crippen LogP contribution >= 0.6 is 0 Å². The maximum atomic E-state index is 13.5. The van der Waals surface area contributed by atoms with E-state index in [2.05, 4.69) is 10.0 Å². The van der Waals surface area contributed by atoms with E-state index >= 15 is 0 Å². The number of nitrogens with zero attached hydrogens (tertiary/aromatic N) is 2. The molecule has 2 aromatic rings. The Morgan fingerprint density at radius 3 is 2.70 bits per heavy atom. The van der Waals surface area contributed by atoms with E-state index in [0.717, 1.165) is 17.5 Å². The van der Waals surface area contributed by atoms with Gasteiger partial charge in [-0.15, -0.1) is 0 Å².